The predicted molar refractivity (Wildman–Crippen MR) is 89.3 cm³/mol. The summed E-state index contributed by atoms with van der Waals surface area (Å²) >= 11 is 0. The minimum atomic E-state index is -4.86. The van der Waals surface area contributed by atoms with E-state index in [-0.39, 0.29) is 5.90 Å². The van der Waals surface area contributed by atoms with Crippen molar-refractivity contribution >= 4 is 22.3 Å². The number of hydrogen-bond donors (Lipinski definition) is 6. The predicted octanol–water partition coefficient (Wildman–Crippen LogP) is -4.01. The summed E-state index contributed by atoms with van der Waals surface area (Å²) in [6.45, 7) is 0.625. The maximum Gasteiger partial charge on any atom is 0.397 e. The van der Waals surface area contributed by atoms with Gasteiger partial charge in [0, 0.05) is 6.92 Å². The quantitative estimate of drug-likeness (QED) is 0.208. The molecule has 3 aliphatic rings. The van der Waals surface area contributed by atoms with Crippen LogP contribution in [0.5, 0.6) is 0 Å². The molecule has 0 aliphatic carbocycles. The standard InChI is InChI=1S/C14H21NO14S/c1-3-15-5-10(6(16)4(27-13(5)26-3)2-25-30(22,23)24)28-14-9(19)7(17)8(18)11(29-14)12(20)21/h4-11,13-14,16-19H,2H2,1H3,(H,20,21)(H,22,23,24)/t4-,5-,6+,7+,8+,9-,10-,11+,13+,14-/m1/s1. The monoisotopic (exact) mass is 459 g/mol. The summed E-state index contributed by atoms with van der Waals surface area (Å²) in [5, 5.41) is 49.5. The van der Waals surface area contributed by atoms with Crippen molar-refractivity contribution in [1.82, 2.24) is 0 Å². The van der Waals surface area contributed by atoms with Crippen molar-refractivity contribution in [2.45, 2.75) is 68.3 Å². The fourth-order valence-corrected chi connectivity index (χ4v) is 3.62. The van der Waals surface area contributed by atoms with Crippen molar-refractivity contribution in [2.75, 3.05) is 6.61 Å². The molecule has 10 atom stereocenters. The van der Waals surface area contributed by atoms with Gasteiger partial charge in [0.15, 0.2) is 18.3 Å². The Morgan fingerprint density at radius 3 is 2.37 bits per heavy atom. The highest BCUT2D eigenvalue weighted by Crippen LogP contribution is 2.33. The van der Waals surface area contributed by atoms with E-state index in [4.69, 9.17) is 28.6 Å². The van der Waals surface area contributed by atoms with Crippen LogP contribution in [0.3, 0.4) is 0 Å². The molecule has 6 N–H and O–H groups in total. The molecule has 2 saturated heterocycles. The lowest BCUT2D eigenvalue weighted by Crippen LogP contribution is -2.64. The number of fused-ring (bicyclic) bond motifs is 1. The van der Waals surface area contributed by atoms with Crippen LogP contribution in [0.15, 0.2) is 4.99 Å². The van der Waals surface area contributed by atoms with Gasteiger partial charge in [0.05, 0.1) is 6.61 Å². The number of hydrogen-bond acceptors (Lipinski definition) is 13. The van der Waals surface area contributed by atoms with Crippen LogP contribution in [0, 0.1) is 0 Å². The second kappa shape index (κ2) is 8.58. The maximum atomic E-state index is 11.2. The van der Waals surface area contributed by atoms with E-state index in [9.17, 15) is 33.6 Å². The van der Waals surface area contributed by atoms with Gasteiger partial charge < -0.3 is 44.5 Å². The van der Waals surface area contributed by atoms with Crippen molar-refractivity contribution in [3.63, 3.8) is 0 Å². The lowest BCUT2D eigenvalue weighted by molar-refractivity contribution is -0.331. The molecule has 0 radical (unpaired) electrons. The first-order valence-corrected chi connectivity index (χ1v) is 10.00. The molecule has 16 heteroatoms. The molecule has 3 aliphatic heterocycles. The van der Waals surface area contributed by atoms with E-state index in [1.807, 2.05) is 0 Å². The molecule has 2 fully saturated rings. The third-order valence-corrected chi connectivity index (χ3v) is 5.18. The Hall–Kier alpha value is -1.47. The van der Waals surface area contributed by atoms with E-state index in [0.29, 0.717) is 0 Å². The number of aliphatic hydroxyl groups is 4. The molecule has 0 unspecified atom stereocenters. The highest BCUT2D eigenvalue weighted by atomic mass is 32.3. The molecule has 3 heterocycles. The van der Waals surface area contributed by atoms with E-state index < -0.39 is 84.3 Å². The summed E-state index contributed by atoms with van der Waals surface area (Å²) in [6.07, 6.45) is -15.2. The molecule has 0 saturated carbocycles. The Labute approximate surface area is 169 Å². The zero-order valence-corrected chi connectivity index (χ0v) is 16.1. The lowest BCUT2D eigenvalue weighted by Gasteiger charge is -2.44. The number of nitrogens with zero attached hydrogens (tertiary/aromatic N) is 1. The molecule has 30 heavy (non-hydrogen) atoms. The van der Waals surface area contributed by atoms with E-state index in [1.54, 1.807) is 0 Å². The highest BCUT2D eigenvalue weighted by Gasteiger charge is 2.54. The van der Waals surface area contributed by atoms with Gasteiger partial charge in [-0.05, 0) is 0 Å². The molecule has 0 bridgehead atoms. The first-order valence-electron chi connectivity index (χ1n) is 8.63. The van der Waals surface area contributed by atoms with Gasteiger partial charge in [-0.15, -0.1) is 0 Å². The molecule has 15 nitrogen and oxygen atoms in total. The van der Waals surface area contributed by atoms with Gasteiger partial charge in [-0.1, -0.05) is 0 Å². The number of carbonyl (C=O) groups is 1. The number of carboxylic acids is 1. The zero-order valence-electron chi connectivity index (χ0n) is 15.3. The highest BCUT2D eigenvalue weighted by molar-refractivity contribution is 7.80. The molecule has 0 aromatic carbocycles. The summed E-state index contributed by atoms with van der Waals surface area (Å²) in [6, 6.07) is -1.04. The van der Waals surface area contributed by atoms with Crippen molar-refractivity contribution in [3.05, 3.63) is 0 Å². The van der Waals surface area contributed by atoms with Gasteiger partial charge >= 0.3 is 16.4 Å². The number of aliphatic carboxylic acids is 1. The van der Waals surface area contributed by atoms with Gasteiger partial charge in [-0.25, -0.2) is 14.0 Å². The second-order valence-corrected chi connectivity index (χ2v) is 7.93. The molecular formula is C14H21NO14S. The van der Waals surface area contributed by atoms with Crippen molar-refractivity contribution in [3.8, 4) is 0 Å². The van der Waals surface area contributed by atoms with Crippen LogP contribution in [-0.4, -0.2) is 118 Å². The maximum absolute atomic E-state index is 11.2. The normalized spacial score (nSPS) is 44.1. The second-order valence-electron chi connectivity index (χ2n) is 6.84. The number of carboxylic acid groups (broad SMARTS) is 1. The van der Waals surface area contributed by atoms with Gasteiger partial charge in [0.25, 0.3) is 0 Å². The fourth-order valence-electron chi connectivity index (χ4n) is 3.31. The van der Waals surface area contributed by atoms with E-state index in [1.165, 1.54) is 6.92 Å². The molecule has 0 aromatic heterocycles. The summed E-state index contributed by atoms with van der Waals surface area (Å²) in [5.41, 5.74) is 0. The molecule has 172 valence electrons. The summed E-state index contributed by atoms with van der Waals surface area (Å²) < 4.78 is 55.8. The molecule has 0 spiro atoms. The van der Waals surface area contributed by atoms with Crippen LogP contribution in [0.25, 0.3) is 0 Å². The minimum absolute atomic E-state index is 0.131. The summed E-state index contributed by atoms with van der Waals surface area (Å²) in [5.74, 6) is -1.50. The first-order chi connectivity index (χ1) is 13.9. The third kappa shape index (κ3) is 4.72. The topological polar surface area (TPSA) is 231 Å². The third-order valence-electron chi connectivity index (χ3n) is 4.74. The Morgan fingerprint density at radius 2 is 1.77 bits per heavy atom. The Morgan fingerprint density at radius 1 is 1.10 bits per heavy atom. The average molecular weight is 459 g/mol. The molecule has 3 rings (SSSR count). The van der Waals surface area contributed by atoms with Crippen LogP contribution in [0.2, 0.25) is 0 Å². The minimum Gasteiger partial charge on any atom is -0.479 e. The van der Waals surface area contributed by atoms with E-state index in [0.717, 1.165) is 0 Å². The van der Waals surface area contributed by atoms with Crippen LogP contribution in [-0.2, 0) is 38.3 Å². The van der Waals surface area contributed by atoms with Crippen molar-refractivity contribution in [2.24, 2.45) is 4.99 Å². The van der Waals surface area contributed by atoms with Gasteiger partial charge in [0.2, 0.25) is 6.29 Å². The average Bonchev–Trinajstić information content (AvgIpc) is 3.01. The van der Waals surface area contributed by atoms with Crippen LogP contribution >= 0.6 is 0 Å². The van der Waals surface area contributed by atoms with Crippen molar-refractivity contribution < 1.29 is 66.4 Å². The molecule has 0 aromatic rings. The fraction of sp³-hybridized carbons (Fsp3) is 0.857. The van der Waals surface area contributed by atoms with Crippen LogP contribution in [0.4, 0.5) is 0 Å². The molecule has 0 amide bonds. The van der Waals surface area contributed by atoms with Gasteiger partial charge in [-0.2, -0.15) is 8.42 Å². The summed E-state index contributed by atoms with van der Waals surface area (Å²) in [4.78, 5) is 15.3. The SMILES string of the molecule is CC1=N[C@H]2[C@@H](O1)O[C@H](COS(=O)(=O)O)[C@H](O)[C@@H]2O[C@@H]1O[C@H](C(=O)O)[C@@H](O)[C@H](O)[C@H]1O. The van der Waals surface area contributed by atoms with Gasteiger partial charge in [-0.3, -0.25) is 4.55 Å². The molecular weight excluding hydrogens is 438 g/mol. The number of aliphatic hydroxyl groups excluding tert-OH is 4. The zero-order chi connectivity index (χ0) is 22.4. The lowest BCUT2D eigenvalue weighted by atomic mass is 9.96. The van der Waals surface area contributed by atoms with Crippen LogP contribution in [0.1, 0.15) is 6.92 Å². The van der Waals surface area contributed by atoms with Crippen molar-refractivity contribution in [1.29, 1.82) is 0 Å². The Bertz CT molecular complexity index is 788. The Balaban J connectivity index is 1.81. The largest absolute Gasteiger partial charge is 0.479 e. The summed E-state index contributed by atoms with van der Waals surface area (Å²) in [7, 11) is -4.86. The first kappa shape index (κ1) is 23.2. The smallest absolute Gasteiger partial charge is 0.397 e. The Kier molecular flexibility index (Phi) is 6.63. The number of aliphatic imine (C=N–C) groups is 1. The van der Waals surface area contributed by atoms with Crippen LogP contribution < -0.4 is 0 Å². The van der Waals surface area contributed by atoms with Gasteiger partial charge in [0.1, 0.15) is 42.7 Å². The number of rotatable bonds is 6. The number of ether oxygens (including phenoxy) is 4. The van der Waals surface area contributed by atoms with E-state index in [2.05, 4.69) is 9.18 Å². The van der Waals surface area contributed by atoms with E-state index >= 15 is 0 Å².